The van der Waals surface area contributed by atoms with Crippen molar-refractivity contribution >= 4 is 27.5 Å². The van der Waals surface area contributed by atoms with E-state index < -0.39 is 5.92 Å². The number of hydrogen-bond donors (Lipinski definition) is 0. The zero-order valence-electron chi connectivity index (χ0n) is 25.6. The number of carbonyl (C=O) groups is 2. The normalized spacial score (nSPS) is 20.0. The first-order valence-electron chi connectivity index (χ1n) is 14.8. The second kappa shape index (κ2) is 12.0. The quantitative estimate of drug-likeness (QED) is 0.262. The van der Waals surface area contributed by atoms with Gasteiger partial charge < -0.3 is 19.1 Å². The van der Waals surface area contributed by atoms with Crippen LogP contribution in [0.5, 0.6) is 11.5 Å². The molecule has 224 valence electrons. The highest BCUT2D eigenvalue weighted by molar-refractivity contribution is 9.10. The molecule has 1 heterocycles. The monoisotopic (exact) mass is 635 g/mol. The summed E-state index contributed by atoms with van der Waals surface area (Å²) in [7, 11) is 3.34. The average molecular weight is 637 g/mol. The molecule has 2 aliphatic carbocycles. The van der Waals surface area contributed by atoms with E-state index in [2.05, 4.69) is 48.5 Å². The number of ketones is 2. The number of allylic oxidation sites excluding steroid dienone is 4. The summed E-state index contributed by atoms with van der Waals surface area (Å²) in [6.45, 7) is 10.4. The van der Waals surface area contributed by atoms with Gasteiger partial charge in [0.1, 0.15) is 6.61 Å². The fraction of sp³-hybridized carbons (Fsp3) is 0.486. The molecule has 6 nitrogen and oxygen atoms in total. The van der Waals surface area contributed by atoms with E-state index >= 15 is 0 Å². The topological polar surface area (TPSA) is 65.1 Å². The molecule has 0 saturated heterocycles. The van der Waals surface area contributed by atoms with Crippen molar-refractivity contribution < 1.29 is 23.8 Å². The van der Waals surface area contributed by atoms with Crippen molar-refractivity contribution in [1.82, 2.24) is 4.90 Å². The largest absolute Gasteiger partial charge is 0.493 e. The first-order chi connectivity index (χ1) is 19.9. The van der Waals surface area contributed by atoms with E-state index in [0.29, 0.717) is 37.6 Å². The van der Waals surface area contributed by atoms with Crippen molar-refractivity contribution in [3.63, 3.8) is 0 Å². The predicted octanol–water partition coefficient (Wildman–Crippen LogP) is 7.76. The lowest BCUT2D eigenvalue weighted by molar-refractivity contribution is -0.119. The number of benzene rings is 2. The number of rotatable bonds is 9. The minimum absolute atomic E-state index is 0.125. The Balaban J connectivity index is 1.61. The number of nitrogens with zero attached hydrogens (tertiary/aromatic N) is 1. The van der Waals surface area contributed by atoms with Gasteiger partial charge in [0.15, 0.2) is 23.1 Å². The molecule has 5 rings (SSSR count). The minimum Gasteiger partial charge on any atom is -0.493 e. The molecule has 2 aromatic carbocycles. The summed E-state index contributed by atoms with van der Waals surface area (Å²) in [6.07, 6.45) is 3.30. The van der Waals surface area contributed by atoms with Crippen LogP contribution >= 0.6 is 15.9 Å². The molecule has 1 aliphatic heterocycles. The number of halogens is 1. The molecule has 0 amide bonds. The number of methoxy groups -OCH3 is 2. The standard InChI is InChI=1S/C35H42BrNO5/c1-34(2)17-25-32(27(38)19-34)31(33-26(37(25)14-9-15-40-5)18-35(3,4)20-28(33)39)22-12-13-29(30(16-22)41-6)42-21-23-10-7-8-11-24(23)36/h7-8,10-13,16,31H,9,14-15,17-21H2,1-6H3. The summed E-state index contributed by atoms with van der Waals surface area (Å²) in [5, 5.41) is 0. The van der Waals surface area contributed by atoms with Crippen molar-refractivity contribution in [1.29, 1.82) is 0 Å². The Morgan fingerprint density at radius 1 is 0.857 bits per heavy atom. The van der Waals surface area contributed by atoms with Crippen molar-refractivity contribution in [2.75, 3.05) is 27.4 Å². The maximum atomic E-state index is 14.0. The lowest BCUT2D eigenvalue weighted by atomic mass is 9.63. The molecule has 0 radical (unpaired) electrons. The SMILES string of the molecule is COCCCN1C2=C(C(=O)CC(C)(C)C2)C(c2ccc(OCc3ccccc3Br)c(OC)c2)C2=C1CC(C)(C)CC2=O. The van der Waals surface area contributed by atoms with E-state index in [1.54, 1.807) is 14.2 Å². The third kappa shape index (κ3) is 6.09. The van der Waals surface area contributed by atoms with Gasteiger partial charge in [0.2, 0.25) is 0 Å². The summed E-state index contributed by atoms with van der Waals surface area (Å²) >= 11 is 3.59. The van der Waals surface area contributed by atoms with E-state index in [-0.39, 0.29) is 22.4 Å². The van der Waals surface area contributed by atoms with Gasteiger partial charge in [-0.3, -0.25) is 9.59 Å². The van der Waals surface area contributed by atoms with Gasteiger partial charge in [0.25, 0.3) is 0 Å². The van der Waals surface area contributed by atoms with Crippen molar-refractivity contribution in [2.45, 2.75) is 72.3 Å². The Kier molecular flexibility index (Phi) is 8.73. The molecule has 0 fully saturated rings. The smallest absolute Gasteiger partial charge is 0.162 e. The molecule has 0 N–H and O–H groups in total. The van der Waals surface area contributed by atoms with Crippen LogP contribution in [0.25, 0.3) is 0 Å². The Bertz CT molecular complexity index is 1400. The number of hydrogen-bond acceptors (Lipinski definition) is 6. The van der Waals surface area contributed by atoms with Gasteiger partial charge in [-0.15, -0.1) is 0 Å². The van der Waals surface area contributed by atoms with Crippen LogP contribution in [-0.4, -0.2) is 43.8 Å². The maximum Gasteiger partial charge on any atom is 0.162 e. The molecular weight excluding hydrogens is 594 g/mol. The van der Waals surface area contributed by atoms with E-state index in [9.17, 15) is 9.59 Å². The molecule has 0 atom stereocenters. The predicted molar refractivity (Wildman–Crippen MR) is 168 cm³/mol. The first kappa shape index (κ1) is 30.6. The van der Waals surface area contributed by atoms with Crippen LogP contribution in [-0.2, 0) is 20.9 Å². The lowest BCUT2D eigenvalue weighted by Crippen LogP contribution is -2.44. The molecule has 2 aromatic rings. The summed E-state index contributed by atoms with van der Waals surface area (Å²) < 4.78 is 18.4. The van der Waals surface area contributed by atoms with Crippen LogP contribution in [0.2, 0.25) is 0 Å². The summed E-state index contributed by atoms with van der Waals surface area (Å²) in [6, 6.07) is 13.8. The van der Waals surface area contributed by atoms with Crippen molar-refractivity contribution in [3.8, 4) is 11.5 Å². The Morgan fingerprint density at radius 2 is 1.48 bits per heavy atom. The average Bonchev–Trinajstić information content (AvgIpc) is 2.91. The minimum atomic E-state index is -0.424. The van der Waals surface area contributed by atoms with Gasteiger partial charge >= 0.3 is 0 Å². The van der Waals surface area contributed by atoms with E-state index in [4.69, 9.17) is 14.2 Å². The van der Waals surface area contributed by atoms with E-state index in [0.717, 1.165) is 63.9 Å². The third-order valence-corrected chi connectivity index (χ3v) is 9.39. The highest BCUT2D eigenvalue weighted by Crippen LogP contribution is 2.55. The second-order valence-corrected chi connectivity index (χ2v) is 14.2. The maximum absolute atomic E-state index is 14.0. The van der Waals surface area contributed by atoms with Gasteiger partial charge in [0.05, 0.1) is 7.11 Å². The summed E-state index contributed by atoms with van der Waals surface area (Å²) in [5.41, 5.74) is 5.26. The number of carbonyl (C=O) groups excluding carboxylic acids is 2. The molecule has 7 heteroatoms. The highest BCUT2D eigenvalue weighted by atomic mass is 79.9. The number of Topliss-reactive ketones (excluding diaryl/α,β-unsaturated/α-hetero) is 2. The molecule has 42 heavy (non-hydrogen) atoms. The fourth-order valence-electron chi connectivity index (χ4n) is 6.77. The van der Waals surface area contributed by atoms with Crippen molar-refractivity contribution in [3.05, 3.63) is 80.6 Å². The molecule has 0 saturated carbocycles. The summed E-state index contributed by atoms with van der Waals surface area (Å²) in [5.74, 6) is 1.02. The molecule has 0 aromatic heterocycles. The molecule has 3 aliphatic rings. The van der Waals surface area contributed by atoms with Crippen LogP contribution in [0.1, 0.15) is 76.8 Å². The zero-order chi connectivity index (χ0) is 30.2. The molecule has 0 bridgehead atoms. The van der Waals surface area contributed by atoms with Gasteiger partial charge in [-0.05, 0) is 53.9 Å². The van der Waals surface area contributed by atoms with Crippen LogP contribution in [0.4, 0.5) is 0 Å². The Labute approximate surface area is 258 Å². The number of ether oxygens (including phenoxy) is 3. The third-order valence-electron chi connectivity index (χ3n) is 8.61. The van der Waals surface area contributed by atoms with Crippen LogP contribution in [0, 0.1) is 10.8 Å². The van der Waals surface area contributed by atoms with Gasteiger partial charge in [-0.25, -0.2) is 0 Å². The van der Waals surface area contributed by atoms with Crippen LogP contribution in [0.3, 0.4) is 0 Å². The Morgan fingerprint density at radius 3 is 2.05 bits per heavy atom. The lowest BCUT2D eigenvalue weighted by Gasteiger charge is -2.49. The second-order valence-electron chi connectivity index (χ2n) is 13.3. The van der Waals surface area contributed by atoms with Gasteiger partial charge in [0, 0.05) is 71.6 Å². The van der Waals surface area contributed by atoms with Gasteiger partial charge in [-0.1, -0.05) is 67.9 Å². The van der Waals surface area contributed by atoms with Crippen LogP contribution in [0.15, 0.2) is 69.5 Å². The fourth-order valence-corrected chi connectivity index (χ4v) is 7.17. The van der Waals surface area contributed by atoms with Gasteiger partial charge in [-0.2, -0.15) is 0 Å². The van der Waals surface area contributed by atoms with E-state index in [1.165, 1.54) is 0 Å². The van der Waals surface area contributed by atoms with E-state index in [1.807, 2.05) is 42.5 Å². The highest BCUT2D eigenvalue weighted by Gasteiger charge is 2.49. The zero-order valence-corrected chi connectivity index (χ0v) is 27.2. The van der Waals surface area contributed by atoms with Crippen molar-refractivity contribution in [2.24, 2.45) is 10.8 Å². The Hall–Kier alpha value is -2.90. The molecule has 0 unspecified atom stereocenters. The van der Waals surface area contributed by atoms with Crippen LogP contribution < -0.4 is 9.47 Å². The molecule has 0 spiro atoms. The molecular formula is C35H42BrNO5. The summed E-state index contributed by atoms with van der Waals surface area (Å²) in [4.78, 5) is 30.4. The first-order valence-corrected chi connectivity index (χ1v) is 15.6.